The van der Waals surface area contributed by atoms with E-state index in [-0.39, 0.29) is 0 Å². The van der Waals surface area contributed by atoms with Crippen molar-refractivity contribution in [2.75, 3.05) is 6.54 Å². The zero-order chi connectivity index (χ0) is 11.2. The van der Waals surface area contributed by atoms with Gasteiger partial charge in [-0.05, 0) is 43.9 Å². The molecule has 1 fully saturated rings. The van der Waals surface area contributed by atoms with Gasteiger partial charge in [-0.3, -0.25) is 4.98 Å². The molecule has 0 atom stereocenters. The highest BCUT2D eigenvalue weighted by Gasteiger charge is 2.19. The number of rotatable bonds is 6. The number of aromatic nitrogens is 1. The van der Waals surface area contributed by atoms with Crippen molar-refractivity contribution in [3.63, 3.8) is 0 Å². The Kier molecular flexibility index (Phi) is 4.37. The highest BCUT2D eigenvalue weighted by Crippen LogP contribution is 2.18. The Hall–Kier alpha value is -0.860. The van der Waals surface area contributed by atoms with Crippen molar-refractivity contribution in [1.29, 1.82) is 0 Å². The third kappa shape index (κ3) is 3.95. The minimum Gasteiger partial charge on any atom is -0.314 e. The predicted molar refractivity (Wildman–Crippen MR) is 67.7 cm³/mol. The van der Waals surface area contributed by atoms with Crippen LogP contribution in [0.3, 0.4) is 0 Å². The van der Waals surface area contributed by atoms with E-state index in [1.54, 1.807) is 12.4 Å². The molecule has 1 aliphatic rings. The molecule has 1 aromatic heterocycles. The molecule has 1 heterocycles. The number of nitrogens with zero attached hydrogens (tertiary/aromatic N) is 1. The number of nitrogens with one attached hydrogen (secondary N) is 1. The van der Waals surface area contributed by atoms with Crippen LogP contribution in [0.25, 0.3) is 0 Å². The molecule has 2 nitrogen and oxygen atoms in total. The molecule has 0 unspecified atom stereocenters. The lowest BCUT2D eigenvalue weighted by molar-refractivity contribution is 0.690. The van der Waals surface area contributed by atoms with Gasteiger partial charge in [0.05, 0.1) is 5.02 Å². The van der Waals surface area contributed by atoms with E-state index in [4.69, 9.17) is 11.6 Å². The van der Waals surface area contributed by atoms with Crippen molar-refractivity contribution in [3.05, 3.63) is 41.2 Å². The number of allylic oxidation sites excluding steroid dienone is 1. The van der Waals surface area contributed by atoms with Crippen LogP contribution < -0.4 is 5.32 Å². The molecule has 3 heteroatoms. The number of pyridine rings is 1. The maximum atomic E-state index is 6.01. The van der Waals surface area contributed by atoms with Crippen molar-refractivity contribution in [1.82, 2.24) is 10.3 Å². The third-order valence-electron chi connectivity index (χ3n) is 2.68. The summed E-state index contributed by atoms with van der Waals surface area (Å²) in [4.78, 5) is 3.96. The monoisotopic (exact) mass is 236 g/mol. The molecule has 0 saturated heterocycles. The normalized spacial score (nSPS) is 15.8. The Morgan fingerprint density at radius 2 is 2.31 bits per heavy atom. The van der Waals surface area contributed by atoms with Crippen LogP contribution in [0, 0.1) is 0 Å². The van der Waals surface area contributed by atoms with E-state index in [9.17, 15) is 0 Å². The van der Waals surface area contributed by atoms with Crippen LogP contribution in [0.15, 0.2) is 30.6 Å². The Morgan fingerprint density at radius 3 is 3.06 bits per heavy atom. The second-order valence-electron chi connectivity index (χ2n) is 4.16. The maximum Gasteiger partial charge on any atom is 0.0624 e. The molecule has 0 spiro atoms. The highest BCUT2D eigenvalue weighted by atomic mass is 35.5. The van der Waals surface area contributed by atoms with Crippen LogP contribution in [-0.4, -0.2) is 17.6 Å². The molecule has 1 aromatic rings. The fraction of sp³-hybridized carbons (Fsp3) is 0.462. The van der Waals surface area contributed by atoms with Crippen LogP contribution in [0.5, 0.6) is 0 Å². The summed E-state index contributed by atoms with van der Waals surface area (Å²) >= 11 is 6.01. The van der Waals surface area contributed by atoms with Gasteiger partial charge in [0.15, 0.2) is 0 Å². The van der Waals surface area contributed by atoms with Crippen LogP contribution in [0.4, 0.5) is 0 Å². The summed E-state index contributed by atoms with van der Waals surface area (Å²) in [6, 6.07) is 2.78. The van der Waals surface area contributed by atoms with E-state index in [1.807, 2.05) is 6.07 Å². The van der Waals surface area contributed by atoms with Crippen molar-refractivity contribution >= 4 is 11.6 Å². The fourth-order valence-corrected chi connectivity index (χ4v) is 1.75. The third-order valence-corrected chi connectivity index (χ3v) is 3.02. The zero-order valence-corrected chi connectivity index (χ0v) is 10.1. The van der Waals surface area contributed by atoms with Gasteiger partial charge in [-0.15, -0.1) is 0 Å². The van der Waals surface area contributed by atoms with E-state index in [2.05, 4.69) is 22.5 Å². The van der Waals surface area contributed by atoms with Gasteiger partial charge in [0.1, 0.15) is 0 Å². The molecular formula is C13H17ClN2. The first kappa shape index (κ1) is 11.6. The van der Waals surface area contributed by atoms with Gasteiger partial charge < -0.3 is 5.32 Å². The molecule has 0 bridgehead atoms. The lowest BCUT2D eigenvalue weighted by atomic mass is 10.2. The van der Waals surface area contributed by atoms with Gasteiger partial charge >= 0.3 is 0 Å². The predicted octanol–water partition coefficient (Wildman–Crippen LogP) is 2.98. The average Bonchev–Trinajstić information content (AvgIpc) is 3.09. The van der Waals surface area contributed by atoms with Crippen LogP contribution in [-0.2, 0) is 6.42 Å². The topological polar surface area (TPSA) is 24.9 Å². The van der Waals surface area contributed by atoms with Crippen LogP contribution in [0.1, 0.15) is 24.8 Å². The highest BCUT2D eigenvalue weighted by molar-refractivity contribution is 6.31. The van der Waals surface area contributed by atoms with Gasteiger partial charge in [0, 0.05) is 18.4 Å². The van der Waals surface area contributed by atoms with Gasteiger partial charge in [0.25, 0.3) is 0 Å². The van der Waals surface area contributed by atoms with Gasteiger partial charge in [-0.1, -0.05) is 23.8 Å². The van der Waals surface area contributed by atoms with Crippen LogP contribution >= 0.6 is 11.6 Å². The lowest BCUT2D eigenvalue weighted by Gasteiger charge is -1.99. The molecular weight excluding hydrogens is 220 g/mol. The van der Waals surface area contributed by atoms with E-state index in [1.165, 1.54) is 12.8 Å². The van der Waals surface area contributed by atoms with Gasteiger partial charge in [-0.25, -0.2) is 0 Å². The Balaban J connectivity index is 1.65. The Morgan fingerprint density at radius 1 is 1.44 bits per heavy atom. The molecule has 1 N–H and O–H groups in total. The van der Waals surface area contributed by atoms with Crippen molar-refractivity contribution in [2.45, 2.75) is 31.7 Å². The Labute approximate surface area is 102 Å². The fourth-order valence-electron chi connectivity index (χ4n) is 1.56. The SMILES string of the molecule is Clc1cnccc1CC=CCCNC1CC1. The molecule has 0 radical (unpaired) electrons. The largest absolute Gasteiger partial charge is 0.314 e. The van der Waals surface area contributed by atoms with Crippen molar-refractivity contribution in [3.8, 4) is 0 Å². The molecule has 2 rings (SSSR count). The molecule has 16 heavy (non-hydrogen) atoms. The quantitative estimate of drug-likeness (QED) is 0.607. The molecule has 1 saturated carbocycles. The molecule has 1 aliphatic carbocycles. The second-order valence-corrected chi connectivity index (χ2v) is 4.57. The summed E-state index contributed by atoms with van der Waals surface area (Å²) < 4.78 is 0. The summed E-state index contributed by atoms with van der Waals surface area (Å²) in [5.74, 6) is 0. The summed E-state index contributed by atoms with van der Waals surface area (Å²) in [5.41, 5.74) is 1.14. The molecule has 0 aromatic carbocycles. The smallest absolute Gasteiger partial charge is 0.0624 e. The first-order valence-electron chi connectivity index (χ1n) is 5.83. The summed E-state index contributed by atoms with van der Waals surface area (Å²) in [6.07, 6.45) is 12.6. The van der Waals surface area contributed by atoms with Crippen LogP contribution in [0.2, 0.25) is 5.02 Å². The van der Waals surface area contributed by atoms with Gasteiger partial charge in [-0.2, -0.15) is 0 Å². The van der Waals surface area contributed by atoms with E-state index >= 15 is 0 Å². The van der Waals surface area contributed by atoms with Gasteiger partial charge in [0.2, 0.25) is 0 Å². The van der Waals surface area contributed by atoms with E-state index in [0.717, 1.165) is 36.0 Å². The van der Waals surface area contributed by atoms with E-state index < -0.39 is 0 Å². The minimum absolute atomic E-state index is 0.753. The number of hydrogen-bond acceptors (Lipinski definition) is 2. The summed E-state index contributed by atoms with van der Waals surface area (Å²) in [7, 11) is 0. The number of halogens is 1. The minimum atomic E-state index is 0.753. The lowest BCUT2D eigenvalue weighted by Crippen LogP contribution is -2.16. The molecule has 0 amide bonds. The first-order valence-corrected chi connectivity index (χ1v) is 6.21. The van der Waals surface area contributed by atoms with E-state index in [0.29, 0.717) is 0 Å². The maximum absolute atomic E-state index is 6.01. The second kappa shape index (κ2) is 6.02. The van der Waals surface area contributed by atoms with Crippen molar-refractivity contribution in [2.24, 2.45) is 0 Å². The Bertz CT molecular complexity index is 359. The summed E-state index contributed by atoms with van der Waals surface area (Å²) in [5, 5.41) is 4.23. The standard InChI is InChI=1S/C13H17ClN2/c14-13-10-15-9-7-11(13)4-2-1-3-8-16-12-5-6-12/h1-2,7,9-10,12,16H,3-6,8H2. The average molecular weight is 237 g/mol. The zero-order valence-electron chi connectivity index (χ0n) is 9.32. The summed E-state index contributed by atoms with van der Waals surface area (Å²) in [6.45, 7) is 1.09. The molecule has 0 aliphatic heterocycles. The van der Waals surface area contributed by atoms with Crippen molar-refractivity contribution < 1.29 is 0 Å². The number of hydrogen-bond donors (Lipinski definition) is 1. The first-order chi connectivity index (χ1) is 7.86. The molecule has 86 valence electrons.